The number of benzene rings is 2. The first kappa shape index (κ1) is 18.9. The number of hydrogen-bond donors (Lipinski definition) is 2. The van der Waals surface area contributed by atoms with Crippen molar-refractivity contribution in [2.75, 3.05) is 24.2 Å². The minimum atomic E-state index is -0.192. The largest absolute Gasteiger partial charge is 0.482 e. The third-order valence-corrected chi connectivity index (χ3v) is 4.28. The number of aryl methyl sites for hydroxylation is 1. The van der Waals surface area contributed by atoms with Crippen molar-refractivity contribution < 1.29 is 14.3 Å². The van der Waals surface area contributed by atoms with Gasteiger partial charge in [-0.05, 0) is 31.2 Å². The Bertz CT molecular complexity index is 717. The zero-order chi connectivity index (χ0) is 18.1. The molecule has 0 aromatic heterocycles. The van der Waals surface area contributed by atoms with E-state index in [0.29, 0.717) is 18.0 Å². The monoisotopic (exact) mass is 358 g/mol. The van der Waals surface area contributed by atoms with Crippen molar-refractivity contribution >= 4 is 29.3 Å². The molecular formula is C19H22N2O3S. The van der Waals surface area contributed by atoms with Crippen molar-refractivity contribution in [3.63, 3.8) is 0 Å². The summed E-state index contributed by atoms with van der Waals surface area (Å²) >= 11 is 1.69. The van der Waals surface area contributed by atoms with Gasteiger partial charge in [-0.1, -0.05) is 29.8 Å². The maximum atomic E-state index is 11.9. The topological polar surface area (TPSA) is 67.4 Å². The Hall–Kier alpha value is -2.47. The SMILES string of the molecule is CC(=O)Nc1ccccc1OCC(=O)NCCSc1ccc(C)cc1. The van der Waals surface area contributed by atoms with E-state index in [9.17, 15) is 9.59 Å². The summed E-state index contributed by atoms with van der Waals surface area (Å²) in [5, 5.41) is 5.50. The standard InChI is InChI=1S/C19H22N2O3S/c1-14-7-9-16(10-8-14)25-12-11-20-19(23)13-24-18-6-4-3-5-17(18)21-15(2)22/h3-10H,11-13H2,1-2H3,(H,20,23)(H,21,22). The van der Waals surface area contributed by atoms with Crippen LogP contribution in [0.4, 0.5) is 5.69 Å². The molecule has 0 aliphatic carbocycles. The molecule has 2 N–H and O–H groups in total. The molecule has 0 atom stereocenters. The highest BCUT2D eigenvalue weighted by Gasteiger charge is 2.07. The van der Waals surface area contributed by atoms with Crippen LogP contribution in [0, 0.1) is 6.92 Å². The van der Waals surface area contributed by atoms with E-state index in [2.05, 4.69) is 41.8 Å². The van der Waals surface area contributed by atoms with E-state index in [4.69, 9.17) is 4.74 Å². The molecule has 0 aliphatic heterocycles. The molecular weight excluding hydrogens is 336 g/mol. The van der Waals surface area contributed by atoms with E-state index in [0.717, 1.165) is 5.75 Å². The summed E-state index contributed by atoms with van der Waals surface area (Å²) < 4.78 is 5.49. The molecule has 0 saturated heterocycles. The van der Waals surface area contributed by atoms with Gasteiger partial charge in [0.25, 0.3) is 5.91 Å². The molecule has 0 saturated carbocycles. The fourth-order valence-corrected chi connectivity index (χ4v) is 2.84. The molecule has 0 spiro atoms. The molecule has 132 valence electrons. The van der Waals surface area contributed by atoms with Gasteiger partial charge in [0.1, 0.15) is 5.75 Å². The molecule has 2 amide bonds. The van der Waals surface area contributed by atoms with Gasteiger partial charge in [0.2, 0.25) is 5.91 Å². The summed E-state index contributed by atoms with van der Waals surface area (Å²) in [6, 6.07) is 15.3. The van der Waals surface area contributed by atoms with Crippen molar-refractivity contribution in [3.05, 3.63) is 54.1 Å². The van der Waals surface area contributed by atoms with Crippen molar-refractivity contribution in [2.45, 2.75) is 18.7 Å². The van der Waals surface area contributed by atoms with Crippen LogP contribution in [0.25, 0.3) is 0 Å². The summed E-state index contributed by atoms with van der Waals surface area (Å²) in [7, 11) is 0. The number of hydrogen-bond acceptors (Lipinski definition) is 4. The maximum Gasteiger partial charge on any atom is 0.257 e. The molecule has 0 radical (unpaired) electrons. The van der Waals surface area contributed by atoms with E-state index in [-0.39, 0.29) is 18.4 Å². The molecule has 2 aromatic carbocycles. The van der Waals surface area contributed by atoms with Crippen LogP contribution in [0.15, 0.2) is 53.4 Å². The van der Waals surface area contributed by atoms with Crippen LogP contribution in [-0.2, 0) is 9.59 Å². The fraction of sp³-hybridized carbons (Fsp3) is 0.263. The third kappa shape index (κ3) is 6.89. The molecule has 2 rings (SSSR count). The lowest BCUT2D eigenvalue weighted by Gasteiger charge is -2.11. The average molecular weight is 358 g/mol. The highest BCUT2D eigenvalue weighted by molar-refractivity contribution is 7.99. The van der Waals surface area contributed by atoms with Gasteiger partial charge in [-0.3, -0.25) is 9.59 Å². The molecule has 0 bridgehead atoms. The van der Waals surface area contributed by atoms with Crippen molar-refractivity contribution in [3.8, 4) is 5.75 Å². The van der Waals surface area contributed by atoms with Crippen molar-refractivity contribution in [2.24, 2.45) is 0 Å². The Morgan fingerprint density at radius 2 is 1.80 bits per heavy atom. The van der Waals surface area contributed by atoms with E-state index < -0.39 is 0 Å². The molecule has 0 aliphatic rings. The highest BCUT2D eigenvalue weighted by Crippen LogP contribution is 2.23. The quantitative estimate of drug-likeness (QED) is 0.561. The predicted octanol–water partition coefficient (Wildman–Crippen LogP) is 3.24. The van der Waals surface area contributed by atoms with E-state index in [1.54, 1.807) is 36.0 Å². The molecule has 0 fully saturated rings. The van der Waals surface area contributed by atoms with Crippen LogP contribution in [-0.4, -0.2) is 30.7 Å². The zero-order valence-electron chi connectivity index (χ0n) is 14.4. The zero-order valence-corrected chi connectivity index (χ0v) is 15.2. The van der Waals surface area contributed by atoms with Gasteiger partial charge < -0.3 is 15.4 Å². The molecule has 2 aromatic rings. The number of carbonyl (C=O) groups excluding carboxylic acids is 2. The van der Waals surface area contributed by atoms with E-state index >= 15 is 0 Å². The number of ether oxygens (including phenoxy) is 1. The van der Waals surface area contributed by atoms with Crippen LogP contribution in [0.3, 0.4) is 0 Å². The van der Waals surface area contributed by atoms with Gasteiger partial charge >= 0.3 is 0 Å². The number of nitrogens with one attached hydrogen (secondary N) is 2. The first-order chi connectivity index (χ1) is 12.0. The van der Waals surface area contributed by atoms with Gasteiger partial charge in [-0.25, -0.2) is 0 Å². The first-order valence-corrected chi connectivity index (χ1v) is 8.99. The van der Waals surface area contributed by atoms with Gasteiger partial charge in [-0.15, -0.1) is 11.8 Å². The molecule has 0 unspecified atom stereocenters. The summed E-state index contributed by atoms with van der Waals surface area (Å²) in [4.78, 5) is 24.2. The lowest BCUT2D eigenvalue weighted by Crippen LogP contribution is -2.30. The molecule has 25 heavy (non-hydrogen) atoms. The average Bonchev–Trinajstić information content (AvgIpc) is 2.59. The van der Waals surface area contributed by atoms with E-state index in [1.807, 2.05) is 0 Å². The fourth-order valence-electron chi connectivity index (χ4n) is 2.07. The van der Waals surface area contributed by atoms with Gasteiger partial charge in [-0.2, -0.15) is 0 Å². The van der Waals surface area contributed by atoms with Gasteiger partial charge in [0.05, 0.1) is 5.69 Å². The normalized spacial score (nSPS) is 10.2. The third-order valence-electron chi connectivity index (χ3n) is 3.27. The van der Waals surface area contributed by atoms with Crippen molar-refractivity contribution in [1.29, 1.82) is 0 Å². The lowest BCUT2D eigenvalue weighted by molar-refractivity contribution is -0.122. The number of carbonyl (C=O) groups is 2. The predicted molar refractivity (Wildman–Crippen MR) is 101 cm³/mol. The van der Waals surface area contributed by atoms with E-state index in [1.165, 1.54) is 17.4 Å². The van der Waals surface area contributed by atoms with Crippen LogP contribution >= 0.6 is 11.8 Å². The van der Waals surface area contributed by atoms with Crippen LogP contribution in [0.2, 0.25) is 0 Å². The second-order valence-electron chi connectivity index (χ2n) is 5.48. The molecule has 6 heteroatoms. The summed E-state index contributed by atoms with van der Waals surface area (Å²) in [6.07, 6.45) is 0. The lowest BCUT2D eigenvalue weighted by atomic mass is 10.2. The molecule has 0 heterocycles. The Kier molecular flexibility index (Phi) is 7.35. The van der Waals surface area contributed by atoms with Crippen molar-refractivity contribution in [1.82, 2.24) is 5.32 Å². The maximum absolute atomic E-state index is 11.9. The molecule has 5 nitrogen and oxygen atoms in total. The van der Waals surface area contributed by atoms with Gasteiger partial charge in [0.15, 0.2) is 6.61 Å². The Morgan fingerprint density at radius 3 is 2.52 bits per heavy atom. The Balaban J connectivity index is 1.70. The number of thioether (sulfide) groups is 1. The summed E-state index contributed by atoms with van der Waals surface area (Å²) in [5.74, 6) is 0.884. The first-order valence-electron chi connectivity index (χ1n) is 8.00. The minimum absolute atomic E-state index is 0.0915. The highest BCUT2D eigenvalue weighted by atomic mass is 32.2. The van der Waals surface area contributed by atoms with Crippen LogP contribution in [0.5, 0.6) is 5.75 Å². The second-order valence-corrected chi connectivity index (χ2v) is 6.65. The van der Waals surface area contributed by atoms with Gasteiger partial charge in [0, 0.05) is 24.1 Å². The smallest absolute Gasteiger partial charge is 0.257 e. The Labute approximate surface area is 152 Å². The van der Waals surface area contributed by atoms with Crippen LogP contribution < -0.4 is 15.4 Å². The minimum Gasteiger partial charge on any atom is -0.482 e. The summed E-state index contributed by atoms with van der Waals surface area (Å²) in [5.41, 5.74) is 1.78. The number of rotatable bonds is 8. The Morgan fingerprint density at radius 1 is 1.08 bits per heavy atom. The number of amides is 2. The second kappa shape index (κ2) is 9.74. The number of anilines is 1. The number of para-hydroxylation sites is 2. The summed E-state index contributed by atoms with van der Waals surface area (Å²) in [6.45, 7) is 3.95. The van der Waals surface area contributed by atoms with Crippen LogP contribution in [0.1, 0.15) is 12.5 Å².